The summed E-state index contributed by atoms with van der Waals surface area (Å²) < 4.78 is 2.05. The van der Waals surface area contributed by atoms with E-state index in [1.165, 1.54) is 21.7 Å². The SMILES string of the molecule is Cc1c(Br)cccc1NC1CCc2sc(Cl)cc21. The molecule has 1 atom stereocenters. The zero-order chi connectivity index (χ0) is 12.7. The van der Waals surface area contributed by atoms with Gasteiger partial charge in [0, 0.05) is 15.0 Å². The Bertz CT molecular complexity index is 593. The highest BCUT2D eigenvalue weighted by atomic mass is 79.9. The monoisotopic (exact) mass is 341 g/mol. The highest BCUT2D eigenvalue weighted by Crippen LogP contribution is 2.41. The molecule has 1 aliphatic rings. The standard InChI is InChI=1S/C14H13BrClNS/c1-8-10(15)3-2-4-11(8)17-12-5-6-13-9(12)7-14(16)18-13/h2-4,7,12,17H,5-6H2,1H3. The van der Waals surface area contributed by atoms with Gasteiger partial charge in [0.05, 0.1) is 10.4 Å². The van der Waals surface area contributed by atoms with Crippen LogP contribution in [0.3, 0.4) is 0 Å². The fourth-order valence-corrected chi connectivity index (χ4v) is 4.15. The molecule has 0 saturated carbocycles. The summed E-state index contributed by atoms with van der Waals surface area (Å²) in [4.78, 5) is 1.44. The normalized spacial score (nSPS) is 17.8. The predicted molar refractivity (Wildman–Crippen MR) is 82.9 cm³/mol. The summed E-state index contributed by atoms with van der Waals surface area (Å²) in [5, 5.41) is 3.64. The minimum Gasteiger partial charge on any atom is -0.378 e. The zero-order valence-electron chi connectivity index (χ0n) is 9.97. The van der Waals surface area contributed by atoms with Crippen LogP contribution in [-0.2, 0) is 6.42 Å². The lowest BCUT2D eigenvalue weighted by atomic mass is 10.1. The van der Waals surface area contributed by atoms with Crippen molar-refractivity contribution >= 4 is 44.6 Å². The fourth-order valence-electron chi connectivity index (χ4n) is 2.43. The third-order valence-corrected chi connectivity index (χ3v) is 5.64. The molecular formula is C14H13BrClNS. The number of nitrogens with one attached hydrogen (secondary N) is 1. The van der Waals surface area contributed by atoms with E-state index in [0.717, 1.165) is 21.7 Å². The highest BCUT2D eigenvalue weighted by molar-refractivity contribution is 9.10. The summed E-state index contributed by atoms with van der Waals surface area (Å²) in [7, 11) is 0. The van der Waals surface area contributed by atoms with Crippen LogP contribution >= 0.6 is 38.9 Å². The Morgan fingerprint density at radius 3 is 3.11 bits per heavy atom. The average molecular weight is 343 g/mol. The number of rotatable bonds is 2. The molecule has 4 heteroatoms. The van der Waals surface area contributed by atoms with Gasteiger partial charge in [0.2, 0.25) is 0 Å². The maximum atomic E-state index is 6.09. The first-order valence-electron chi connectivity index (χ1n) is 5.95. The summed E-state index contributed by atoms with van der Waals surface area (Å²) in [5.41, 5.74) is 3.83. The molecule has 1 nitrogen and oxygen atoms in total. The predicted octanol–water partition coefficient (Wildman–Crippen LogP) is 5.57. The summed E-state index contributed by atoms with van der Waals surface area (Å²) in [6.07, 6.45) is 2.29. The molecule has 0 amide bonds. The van der Waals surface area contributed by atoms with Crippen LogP contribution in [0.15, 0.2) is 28.7 Å². The van der Waals surface area contributed by atoms with Crippen LogP contribution in [0.2, 0.25) is 4.34 Å². The molecule has 2 aromatic rings. The molecule has 1 aromatic carbocycles. The molecule has 1 unspecified atom stereocenters. The molecule has 1 heterocycles. The topological polar surface area (TPSA) is 12.0 Å². The van der Waals surface area contributed by atoms with Crippen molar-refractivity contribution in [3.63, 3.8) is 0 Å². The van der Waals surface area contributed by atoms with Gasteiger partial charge in [-0.15, -0.1) is 11.3 Å². The van der Waals surface area contributed by atoms with Crippen molar-refractivity contribution in [3.8, 4) is 0 Å². The zero-order valence-corrected chi connectivity index (χ0v) is 13.1. The quantitative estimate of drug-likeness (QED) is 0.752. The van der Waals surface area contributed by atoms with Crippen molar-refractivity contribution in [1.29, 1.82) is 0 Å². The second kappa shape index (κ2) is 4.87. The van der Waals surface area contributed by atoms with Gasteiger partial charge in [0.1, 0.15) is 0 Å². The summed E-state index contributed by atoms with van der Waals surface area (Å²) in [6, 6.07) is 8.78. The Hall–Kier alpha value is -0.510. The van der Waals surface area contributed by atoms with E-state index in [1.54, 1.807) is 11.3 Å². The van der Waals surface area contributed by atoms with E-state index in [9.17, 15) is 0 Å². The summed E-state index contributed by atoms with van der Waals surface area (Å²) >= 11 is 11.4. The third-order valence-electron chi connectivity index (χ3n) is 3.44. The van der Waals surface area contributed by atoms with Gasteiger partial charge in [-0.3, -0.25) is 0 Å². The van der Waals surface area contributed by atoms with Crippen LogP contribution in [0.1, 0.15) is 28.5 Å². The molecule has 0 aliphatic heterocycles. The first-order chi connectivity index (χ1) is 8.65. The molecule has 1 aliphatic carbocycles. The Labute approximate surface area is 124 Å². The largest absolute Gasteiger partial charge is 0.378 e. The smallest absolute Gasteiger partial charge is 0.0934 e. The van der Waals surface area contributed by atoms with Gasteiger partial charge in [0.15, 0.2) is 0 Å². The van der Waals surface area contributed by atoms with Gasteiger partial charge in [-0.25, -0.2) is 0 Å². The van der Waals surface area contributed by atoms with Crippen LogP contribution in [0.4, 0.5) is 5.69 Å². The molecule has 1 aromatic heterocycles. The number of halogens is 2. The molecule has 0 radical (unpaired) electrons. The van der Waals surface area contributed by atoms with Crippen molar-refractivity contribution in [2.75, 3.05) is 5.32 Å². The van der Waals surface area contributed by atoms with E-state index >= 15 is 0 Å². The van der Waals surface area contributed by atoms with Gasteiger partial charge < -0.3 is 5.32 Å². The molecule has 0 fully saturated rings. The lowest BCUT2D eigenvalue weighted by Gasteiger charge is -2.17. The van der Waals surface area contributed by atoms with Crippen molar-refractivity contribution in [1.82, 2.24) is 0 Å². The lowest BCUT2D eigenvalue weighted by Crippen LogP contribution is -2.07. The van der Waals surface area contributed by atoms with Gasteiger partial charge in [0.25, 0.3) is 0 Å². The van der Waals surface area contributed by atoms with Crippen LogP contribution in [0.5, 0.6) is 0 Å². The second-order valence-electron chi connectivity index (χ2n) is 4.58. The molecule has 3 rings (SSSR count). The van der Waals surface area contributed by atoms with Crippen LogP contribution < -0.4 is 5.32 Å². The van der Waals surface area contributed by atoms with Crippen molar-refractivity contribution in [2.24, 2.45) is 0 Å². The lowest BCUT2D eigenvalue weighted by molar-refractivity contribution is 0.761. The third kappa shape index (κ3) is 2.20. The average Bonchev–Trinajstić information content (AvgIpc) is 2.86. The molecule has 94 valence electrons. The minimum absolute atomic E-state index is 0.400. The van der Waals surface area contributed by atoms with Crippen molar-refractivity contribution in [3.05, 3.63) is 49.1 Å². The van der Waals surface area contributed by atoms with Gasteiger partial charge in [-0.2, -0.15) is 0 Å². The number of fused-ring (bicyclic) bond motifs is 1. The molecule has 0 saturated heterocycles. The molecular weight excluding hydrogens is 330 g/mol. The van der Waals surface area contributed by atoms with Gasteiger partial charge >= 0.3 is 0 Å². The number of anilines is 1. The first-order valence-corrected chi connectivity index (χ1v) is 7.93. The maximum absolute atomic E-state index is 6.09. The highest BCUT2D eigenvalue weighted by Gasteiger charge is 2.25. The molecule has 0 spiro atoms. The number of hydrogen-bond acceptors (Lipinski definition) is 2. The Balaban J connectivity index is 1.88. The molecule has 18 heavy (non-hydrogen) atoms. The van der Waals surface area contributed by atoms with Crippen LogP contribution in [0.25, 0.3) is 0 Å². The molecule has 0 bridgehead atoms. The number of thiophene rings is 1. The van der Waals surface area contributed by atoms with Gasteiger partial charge in [-0.1, -0.05) is 33.6 Å². The van der Waals surface area contributed by atoms with Crippen LogP contribution in [0, 0.1) is 6.92 Å². The first kappa shape index (κ1) is 12.5. The van der Waals surface area contributed by atoms with Crippen molar-refractivity contribution in [2.45, 2.75) is 25.8 Å². The van der Waals surface area contributed by atoms with E-state index in [0.29, 0.717) is 6.04 Å². The van der Waals surface area contributed by atoms with Crippen molar-refractivity contribution < 1.29 is 0 Å². The fraction of sp³-hybridized carbons (Fsp3) is 0.286. The van der Waals surface area contributed by atoms with E-state index < -0.39 is 0 Å². The Kier molecular flexibility index (Phi) is 3.39. The summed E-state index contributed by atoms with van der Waals surface area (Å²) in [5.74, 6) is 0. The second-order valence-corrected chi connectivity index (χ2v) is 7.20. The number of benzene rings is 1. The minimum atomic E-state index is 0.400. The van der Waals surface area contributed by atoms with E-state index in [4.69, 9.17) is 11.6 Å². The molecule has 1 N–H and O–H groups in total. The van der Waals surface area contributed by atoms with E-state index in [1.807, 2.05) is 0 Å². The van der Waals surface area contributed by atoms with Crippen LogP contribution in [-0.4, -0.2) is 0 Å². The Morgan fingerprint density at radius 1 is 1.44 bits per heavy atom. The number of aryl methyl sites for hydroxylation is 1. The van der Waals surface area contributed by atoms with Gasteiger partial charge in [-0.05, 0) is 49.1 Å². The number of hydrogen-bond donors (Lipinski definition) is 1. The Morgan fingerprint density at radius 2 is 2.28 bits per heavy atom. The summed E-state index contributed by atoms with van der Waals surface area (Å²) in [6.45, 7) is 2.13. The van der Waals surface area contributed by atoms with E-state index in [-0.39, 0.29) is 0 Å². The maximum Gasteiger partial charge on any atom is 0.0934 e. The van der Waals surface area contributed by atoms with E-state index in [2.05, 4.69) is 52.4 Å².